The van der Waals surface area contributed by atoms with E-state index in [4.69, 9.17) is 38.0 Å². The van der Waals surface area contributed by atoms with Crippen molar-refractivity contribution in [1.29, 1.82) is 0 Å². The van der Waals surface area contributed by atoms with E-state index >= 15 is 0 Å². The van der Waals surface area contributed by atoms with E-state index in [1.807, 2.05) is 28.1 Å². The summed E-state index contributed by atoms with van der Waals surface area (Å²) < 4.78 is 46.9. The number of hydrogen-bond donors (Lipinski definition) is 0. The number of fused-ring (bicyclic) bond motifs is 2. The fraction of sp³-hybridized carbons (Fsp3) is 0.519. The minimum absolute atomic E-state index is 0.0000455. The molecule has 10 heteroatoms. The Morgan fingerprint density at radius 1 is 1.14 bits per heavy atom. The van der Waals surface area contributed by atoms with Crippen LogP contribution in [0.1, 0.15) is 21.1 Å². The number of ether oxygens (including phenoxy) is 5. The van der Waals surface area contributed by atoms with Gasteiger partial charge in [-0.2, -0.15) is 0 Å². The molecule has 37 heavy (non-hydrogen) atoms. The van der Waals surface area contributed by atoms with Gasteiger partial charge in [0.15, 0.2) is 11.5 Å². The highest BCUT2D eigenvalue weighted by molar-refractivity contribution is 6.34. The van der Waals surface area contributed by atoms with Crippen LogP contribution in [0.25, 0.3) is 0 Å². The quantitative estimate of drug-likeness (QED) is 0.536. The van der Waals surface area contributed by atoms with Gasteiger partial charge in [0.1, 0.15) is 36.6 Å². The Morgan fingerprint density at radius 2 is 1.97 bits per heavy atom. The second-order valence-corrected chi connectivity index (χ2v) is 9.94. The summed E-state index contributed by atoms with van der Waals surface area (Å²) >= 11 is 6.70. The first-order valence-electron chi connectivity index (χ1n) is 13.7. The third kappa shape index (κ3) is 5.31. The van der Waals surface area contributed by atoms with Gasteiger partial charge in [-0.25, -0.2) is 0 Å². The van der Waals surface area contributed by atoms with Crippen LogP contribution in [0.3, 0.4) is 0 Å². The van der Waals surface area contributed by atoms with E-state index in [9.17, 15) is 0 Å². The van der Waals surface area contributed by atoms with E-state index in [0.29, 0.717) is 66.7 Å². The van der Waals surface area contributed by atoms with Crippen molar-refractivity contribution in [3.05, 3.63) is 34.9 Å². The van der Waals surface area contributed by atoms with Crippen LogP contribution in [0.4, 0.5) is 11.4 Å². The molecule has 2 aromatic rings. The summed E-state index contributed by atoms with van der Waals surface area (Å²) in [5.74, 6) is 2.32. The number of halogens is 1. The first kappa shape index (κ1) is 22.3. The molecule has 6 rings (SSSR count). The number of aliphatic imine (C=N–C) groups is 1. The fourth-order valence-corrected chi connectivity index (χ4v) is 5.18. The van der Waals surface area contributed by atoms with E-state index in [-0.39, 0.29) is 19.5 Å². The Kier molecular flexibility index (Phi) is 6.59. The van der Waals surface area contributed by atoms with E-state index in [1.165, 1.54) is 0 Å². The SMILES string of the molecule is [2H]C([2H])(COc1cc(OC2CCOCC2)c2c(c1)N(c1c(Cl)ccc3c1OCO3)CN=C2)N1CCN(C)CC1. The molecule has 0 radical (unpaired) electrons. The predicted octanol–water partition coefficient (Wildman–Crippen LogP) is 3.78. The summed E-state index contributed by atoms with van der Waals surface area (Å²) in [4.78, 5) is 10.6. The molecular weight excluding hydrogens is 496 g/mol. The molecule has 0 saturated carbocycles. The van der Waals surface area contributed by atoms with Crippen molar-refractivity contribution in [1.82, 2.24) is 9.80 Å². The van der Waals surface area contributed by atoms with Crippen LogP contribution < -0.4 is 23.8 Å². The van der Waals surface area contributed by atoms with Crippen LogP contribution in [0.5, 0.6) is 23.0 Å². The van der Waals surface area contributed by atoms with Gasteiger partial charge in [-0.15, -0.1) is 0 Å². The maximum atomic E-state index is 8.69. The van der Waals surface area contributed by atoms with E-state index in [0.717, 1.165) is 37.2 Å². The zero-order valence-electron chi connectivity index (χ0n) is 23.0. The van der Waals surface area contributed by atoms with Gasteiger partial charge < -0.3 is 33.5 Å². The van der Waals surface area contributed by atoms with Crippen molar-refractivity contribution in [3.63, 3.8) is 0 Å². The molecule has 198 valence electrons. The minimum atomic E-state index is -1.62. The molecule has 0 aliphatic carbocycles. The van der Waals surface area contributed by atoms with Crippen molar-refractivity contribution in [2.45, 2.75) is 18.9 Å². The van der Waals surface area contributed by atoms with Gasteiger partial charge in [-0.1, -0.05) is 11.6 Å². The van der Waals surface area contributed by atoms with Gasteiger partial charge in [-0.3, -0.25) is 9.89 Å². The molecule has 0 bridgehead atoms. The van der Waals surface area contributed by atoms with E-state index < -0.39 is 6.50 Å². The fourth-order valence-electron chi connectivity index (χ4n) is 4.93. The van der Waals surface area contributed by atoms with Crippen LogP contribution in [0.15, 0.2) is 29.3 Å². The summed E-state index contributed by atoms with van der Waals surface area (Å²) in [5, 5.41) is 0.506. The third-order valence-corrected chi connectivity index (χ3v) is 7.36. The van der Waals surface area contributed by atoms with Crippen LogP contribution in [0.2, 0.25) is 5.02 Å². The van der Waals surface area contributed by atoms with E-state index in [1.54, 1.807) is 12.1 Å². The zero-order chi connectivity index (χ0) is 27.0. The molecule has 4 heterocycles. The smallest absolute Gasteiger partial charge is 0.231 e. The highest BCUT2D eigenvalue weighted by Crippen LogP contribution is 2.50. The zero-order valence-corrected chi connectivity index (χ0v) is 21.7. The first-order valence-corrected chi connectivity index (χ1v) is 13.1. The summed E-state index contributed by atoms with van der Waals surface area (Å²) in [5.41, 5.74) is 2.25. The Morgan fingerprint density at radius 3 is 2.81 bits per heavy atom. The number of likely N-dealkylation sites (N-methyl/N-ethyl adjacent to an activating group) is 1. The number of hydrogen-bond acceptors (Lipinski definition) is 9. The molecule has 0 atom stereocenters. The Labute approximate surface area is 225 Å². The average Bonchev–Trinajstić information content (AvgIpc) is 3.42. The molecule has 0 amide bonds. The van der Waals surface area contributed by atoms with Crippen molar-refractivity contribution in [2.75, 3.05) is 77.9 Å². The topological polar surface area (TPSA) is 68.2 Å². The maximum absolute atomic E-state index is 8.69. The molecule has 0 N–H and O–H groups in total. The van der Waals surface area contributed by atoms with Crippen LogP contribution in [0, 0.1) is 0 Å². The van der Waals surface area contributed by atoms with Gasteiger partial charge in [-0.05, 0) is 19.2 Å². The average molecular weight is 531 g/mol. The third-order valence-electron chi connectivity index (χ3n) is 7.05. The summed E-state index contributed by atoms with van der Waals surface area (Å²) in [6.45, 7) is 2.96. The molecule has 0 aromatic heterocycles. The molecule has 9 nitrogen and oxygen atoms in total. The molecule has 2 fully saturated rings. The summed E-state index contributed by atoms with van der Waals surface area (Å²) in [6, 6.07) is 7.30. The molecule has 4 aliphatic rings. The van der Waals surface area contributed by atoms with Gasteiger partial charge in [0.2, 0.25) is 6.79 Å². The first-order chi connectivity index (χ1) is 18.9. The molecule has 0 spiro atoms. The Bertz CT molecular complexity index is 1240. The molecule has 4 aliphatic heterocycles. The largest absolute Gasteiger partial charge is 0.492 e. The standard InChI is InChI=1S/C27H33ClN4O5/c1-30-6-8-31(9-7-30)10-13-34-20-14-23-21(25(15-20)37-19-4-11-33-12-5-19)16-29-17-32(23)26-22(28)2-3-24-27(26)36-18-35-24/h2-3,14-16,19H,4-13,17-18H2,1H3/i10D2. The molecule has 2 saturated heterocycles. The van der Waals surface area contributed by atoms with Crippen molar-refractivity contribution < 1.29 is 26.4 Å². The Hall–Kier alpha value is -2.72. The lowest BCUT2D eigenvalue weighted by molar-refractivity contribution is 0.0254. The van der Waals surface area contributed by atoms with Crippen molar-refractivity contribution >= 4 is 29.2 Å². The summed E-state index contributed by atoms with van der Waals surface area (Å²) in [6.07, 6.45) is 3.38. The monoisotopic (exact) mass is 530 g/mol. The second kappa shape index (κ2) is 10.9. The lowest BCUT2D eigenvalue weighted by Gasteiger charge is -2.33. The van der Waals surface area contributed by atoms with Crippen LogP contribution in [-0.2, 0) is 4.74 Å². The van der Waals surface area contributed by atoms with Gasteiger partial charge >= 0.3 is 0 Å². The van der Waals surface area contributed by atoms with Gasteiger partial charge in [0.25, 0.3) is 0 Å². The predicted molar refractivity (Wildman–Crippen MR) is 143 cm³/mol. The van der Waals surface area contributed by atoms with Crippen molar-refractivity contribution in [3.8, 4) is 23.0 Å². The van der Waals surface area contributed by atoms with E-state index in [2.05, 4.69) is 16.9 Å². The molecular formula is C27H33ClN4O5. The number of rotatable bonds is 7. The number of nitrogens with zero attached hydrogens (tertiary/aromatic N) is 4. The van der Waals surface area contributed by atoms with Crippen LogP contribution in [-0.4, -0.2) is 95.1 Å². The van der Waals surface area contributed by atoms with Gasteiger partial charge in [0.05, 0.1) is 29.5 Å². The minimum Gasteiger partial charge on any atom is -0.492 e. The second-order valence-electron chi connectivity index (χ2n) is 9.53. The highest BCUT2D eigenvalue weighted by atomic mass is 35.5. The number of anilines is 2. The lowest BCUT2D eigenvalue weighted by Crippen LogP contribution is -2.45. The van der Waals surface area contributed by atoms with Crippen LogP contribution >= 0.6 is 11.6 Å². The highest BCUT2D eigenvalue weighted by Gasteiger charge is 2.30. The Balaban J connectivity index is 1.34. The summed E-state index contributed by atoms with van der Waals surface area (Å²) in [7, 11) is 2.05. The normalized spacial score (nSPS) is 21.4. The lowest BCUT2D eigenvalue weighted by atomic mass is 10.1. The number of piperazine rings is 1. The maximum Gasteiger partial charge on any atom is 0.231 e. The number of benzene rings is 2. The molecule has 0 unspecified atom stereocenters. The van der Waals surface area contributed by atoms with Crippen molar-refractivity contribution in [2.24, 2.45) is 4.99 Å². The van der Waals surface area contributed by atoms with Gasteiger partial charge in [0, 0.05) is 66.6 Å². The molecule has 2 aromatic carbocycles.